The molecule has 19 heavy (non-hydrogen) atoms. The number of rotatable bonds is 3. The second-order valence-electron chi connectivity index (χ2n) is 5.60. The van der Waals surface area contributed by atoms with Gasteiger partial charge in [-0.2, -0.15) is 0 Å². The summed E-state index contributed by atoms with van der Waals surface area (Å²) < 4.78 is 0. The van der Waals surface area contributed by atoms with Crippen LogP contribution < -0.4 is 10.6 Å². The van der Waals surface area contributed by atoms with Crippen molar-refractivity contribution in [2.75, 3.05) is 11.4 Å². The molecular formula is C16H25ClN2. The van der Waals surface area contributed by atoms with Gasteiger partial charge < -0.3 is 10.6 Å². The van der Waals surface area contributed by atoms with E-state index in [1.807, 2.05) is 13.0 Å². The van der Waals surface area contributed by atoms with Crippen molar-refractivity contribution >= 4 is 17.3 Å². The molecule has 0 aliphatic carbocycles. The van der Waals surface area contributed by atoms with E-state index < -0.39 is 0 Å². The molecule has 2 unspecified atom stereocenters. The van der Waals surface area contributed by atoms with Crippen LogP contribution >= 0.6 is 11.6 Å². The lowest BCUT2D eigenvalue weighted by atomic mass is 10.1. The number of hydrogen-bond acceptors (Lipinski definition) is 2. The maximum absolute atomic E-state index is 6.49. The standard InChI is InChI=1S/C16H25ClN2/c1-3-14-7-5-4-6-10-19(14)16-9-8-13(12(2)18)11-15(16)17/h8-9,11-12,14H,3-7,10,18H2,1-2H3. The predicted molar refractivity (Wildman–Crippen MR) is 83.9 cm³/mol. The lowest BCUT2D eigenvalue weighted by molar-refractivity contribution is 0.556. The van der Waals surface area contributed by atoms with Crippen LogP contribution in [0.2, 0.25) is 5.02 Å². The van der Waals surface area contributed by atoms with E-state index in [1.165, 1.54) is 37.8 Å². The molecule has 2 N–H and O–H groups in total. The fourth-order valence-electron chi connectivity index (χ4n) is 2.96. The third kappa shape index (κ3) is 3.43. The number of nitrogens with zero attached hydrogens (tertiary/aromatic N) is 1. The molecule has 1 fully saturated rings. The molecule has 1 heterocycles. The molecule has 1 aliphatic rings. The number of halogens is 1. The van der Waals surface area contributed by atoms with Crippen LogP contribution in [0, 0.1) is 0 Å². The van der Waals surface area contributed by atoms with E-state index in [1.54, 1.807) is 0 Å². The van der Waals surface area contributed by atoms with E-state index >= 15 is 0 Å². The molecule has 0 saturated carbocycles. The Hall–Kier alpha value is -0.730. The lowest BCUT2D eigenvalue weighted by Crippen LogP contribution is -2.34. The molecule has 0 aromatic heterocycles. The van der Waals surface area contributed by atoms with Crippen molar-refractivity contribution in [2.45, 2.75) is 58.0 Å². The Morgan fingerprint density at radius 1 is 1.37 bits per heavy atom. The van der Waals surface area contributed by atoms with Crippen LogP contribution in [0.15, 0.2) is 18.2 Å². The Morgan fingerprint density at radius 3 is 2.79 bits per heavy atom. The van der Waals surface area contributed by atoms with Gasteiger partial charge in [-0.15, -0.1) is 0 Å². The predicted octanol–water partition coefficient (Wildman–Crippen LogP) is 4.52. The first-order valence-electron chi connectivity index (χ1n) is 7.45. The topological polar surface area (TPSA) is 29.3 Å². The Bertz CT molecular complexity index is 417. The van der Waals surface area contributed by atoms with E-state index in [0.29, 0.717) is 6.04 Å². The third-order valence-electron chi connectivity index (χ3n) is 4.16. The molecule has 106 valence electrons. The summed E-state index contributed by atoms with van der Waals surface area (Å²) in [5.74, 6) is 0. The van der Waals surface area contributed by atoms with Gasteiger partial charge in [-0.1, -0.05) is 37.4 Å². The van der Waals surface area contributed by atoms with Gasteiger partial charge >= 0.3 is 0 Å². The molecule has 1 aromatic rings. The van der Waals surface area contributed by atoms with Gasteiger partial charge in [-0.3, -0.25) is 0 Å². The maximum atomic E-state index is 6.49. The lowest BCUT2D eigenvalue weighted by Gasteiger charge is -2.32. The summed E-state index contributed by atoms with van der Waals surface area (Å²) in [6.45, 7) is 5.38. The average molecular weight is 281 g/mol. The first-order valence-corrected chi connectivity index (χ1v) is 7.83. The SMILES string of the molecule is CCC1CCCCCN1c1ccc(C(C)N)cc1Cl. The molecule has 2 atom stereocenters. The molecule has 1 aromatic carbocycles. The Morgan fingerprint density at radius 2 is 2.16 bits per heavy atom. The molecular weight excluding hydrogens is 256 g/mol. The van der Waals surface area contributed by atoms with Crippen molar-refractivity contribution in [3.8, 4) is 0 Å². The second-order valence-corrected chi connectivity index (χ2v) is 6.01. The molecule has 1 aliphatic heterocycles. The van der Waals surface area contributed by atoms with Crippen molar-refractivity contribution in [2.24, 2.45) is 5.73 Å². The van der Waals surface area contributed by atoms with E-state index in [-0.39, 0.29) is 6.04 Å². The molecule has 3 heteroatoms. The van der Waals surface area contributed by atoms with Gasteiger partial charge in [0.05, 0.1) is 10.7 Å². The molecule has 0 radical (unpaired) electrons. The average Bonchev–Trinajstić information content (AvgIpc) is 2.63. The van der Waals surface area contributed by atoms with Crippen LogP contribution in [0.1, 0.15) is 57.6 Å². The summed E-state index contributed by atoms with van der Waals surface area (Å²) >= 11 is 6.49. The summed E-state index contributed by atoms with van der Waals surface area (Å²) in [6, 6.07) is 6.95. The van der Waals surface area contributed by atoms with Crippen molar-refractivity contribution in [1.29, 1.82) is 0 Å². The Labute approximate surface area is 121 Å². The first kappa shape index (κ1) is 14.7. The first-order chi connectivity index (χ1) is 9.13. The molecule has 1 saturated heterocycles. The van der Waals surface area contributed by atoms with Crippen LogP contribution in [0.25, 0.3) is 0 Å². The minimum absolute atomic E-state index is 0.0395. The van der Waals surface area contributed by atoms with Gasteiger partial charge in [0.15, 0.2) is 0 Å². The number of anilines is 1. The van der Waals surface area contributed by atoms with E-state index in [9.17, 15) is 0 Å². The zero-order valence-corrected chi connectivity index (χ0v) is 12.8. The number of benzene rings is 1. The van der Waals surface area contributed by atoms with Crippen LogP contribution in [0.4, 0.5) is 5.69 Å². The Balaban J connectivity index is 2.28. The van der Waals surface area contributed by atoms with Gasteiger partial charge in [0, 0.05) is 18.6 Å². The van der Waals surface area contributed by atoms with E-state index in [2.05, 4.69) is 24.0 Å². The summed E-state index contributed by atoms with van der Waals surface area (Å²) in [4.78, 5) is 2.50. The monoisotopic (exact) mass is 280 g/mol. The highest BCUT2D eigenvalue weighted by atomic mass is 35.5. The summed E-state index contributed by atoms with van der Waals surface area (Å²) in [5.41, 5.74) is 8.21. The molecule has 2 nitrogen and oxygen atoms in total. The normalized spacial score (nSPS) is 22.1. The zero-order chi connectivity index (χ0) is 13.8. The van der Waals surface area contributed by atoms with Gasteiger partial charge in [0.2, 0.25) is 0 Å². The molecule has 0 amide bonds. The second kappa shape index (κ2) is 6.62. The van der Waals surface area contributed by atoms with Crippen LogP contribution in [-0.2, 0) is 0 Å². The minimum atomic E-state index is 0.0395. The van der Waals surface area contributed by atoms with Crippen molar-refractivity contribution in [1.82, 2.24) is 0 Å². The van der Waals surface area contributed by atoms with Gasteiger partial charge in [-0.05, 0) is 43.9 Å². The van der Waals surface area contributed by atoms with Crippen LogP contribution in [-0.4, -0.2) is 12.6 Å². The van der Waals surface area contributed by atoms with Crippen molar-refractivity contribution in [3.63, 3.8) is 0 Å². The fraction of sp³-hybridized carbons (Fsp3) is 0.625. The maximum Gasteiger partial charge on any atom is 0.0642 e. The van der Waals surface area contributed by atoms with Crippen LogP contribution in [0.5, 0.6) is 0 Å². The summed E-state index contributed by atoms with van der Waals surface area (Å²) in [5, 5.41) is 0.843. The van der Waals surface area contributed by atoms with Gasteiger partial charge in [-0.25, -0.2) is 0 Å². The highest BCUT2D eigenvalue weighted by Crippen LogP contribution is 2.33. The number of hydrogen-bond donors (Lipinski definition) is 1. The van der Waals surface area contributed by atoms with Gasteiger partial charge in [0.25, 0.3) is 0 Å². The summed E-state index contributed by atoms with van der Waals surface area (Å²) in [6.07, 6.45) is 6.40. The van der Waals surface area contributed by atoms with E-state index in [0.717, 1.165) is 17.1 Å². The molecule has 0 bridgehead atoms. The highest BCUT2D eigenvalue weighted by molar-refractivity contribution is 6.33. The molecule has 2 rings (SSSR count). The highest BCUT2D eigenvalue weighted by Gasteiger charge is 2.21. The Kier molecular flexibility index (Phi) is 5.12. The smallest absolute Gasteiger partial charge is 0.0642 e. The fourth-order valence-corrected chi connectivity index (χ4v) is 3.26. The quantitative estimate of drug-likeness (QED) is 0.882. The van der Waals surface area contributed by atoms with Crippen LogP contribution in [0.3, 0.4) is 0 Å². The zero-order valence-electron chi connectivity index (χ0n) is 12.0. The molecule has 0 spiro atoms. The largest absolute Gasteiger partial charge is 0.367 e. The van der Waals surface area contributed by atoms with Crippen molar-refractivity contribution < 1.29 is 0 Å². The summed E-state index contributed by atoms with van der Waals surface area (Å²) in [7, 11) is 0. The third-order valence-corrected chi connectivity index (χ3v) is 4.46. The van der Waals surface area contributed by atoms with Crippen molar-refractivity contribution in [3.05, 3.63) is 28.8 Å². The van der Waals surface area contributed by atoms with E-state index in [4.69, 9.17) is 17.3 Å². The van der Waals surface area contributed by atoms with Gasteiger partial charge in [0.1, 0.15) is 0 Å². The minimum Gasteiger partial charge on any atom is -0.367 e. The number of nitrogens with two attached hydrogens (primary N) is 1.